The number of amidine groups is 1. The summed E-state index contributed by atoms with van der Waals surface area (Å²) in [6.45, 7) is 2.02. The van der Waals surface area contributed by atoms with E-state index in [2.05, 4.69) is 17.1 Å². The van der Waals surface area contributed by atoms with Crippen LogP contribution < -0.4 is 0 Å². The molecule has 0 saturated heterocycles. The van der Waals surface area contributed by atoms with Crippen LogP contribution in [0.2, 0.25) is 0 Å². The van der Waals surface area contributed by atoms with Gasteiger partial charge in [0.05, 0.1) is 5.69 Å². The summed E-state index contributed by atoms with van der Waals surface area (Å²) in [5.41, 5.74) is 4.12. The van der Waals surface area contributed by atoms with Crippen LogP contribution in [0.1, 0.15) is 18.9 Å². The van der Waals surface area contributed by atoms with Crippen molar-refractivity contribution in [3.8, 4) is 0 Å². The van der Waals surface area contributed by atoms with Crippen LogP contribution in [0.25, 0.3) is 0 Å². The fourth-order valence-corrected chi connectivity index (χ4v) is 2.23. The van der Waals surface area contributed by atoms with Crippen molar-refractivity contribution in [1.82, 2.24) is 5.06 Å². The highest BCUT2D eigenvalue weighted by Gasteiger charge is 2.24. The molecule has 3 heteroatoms. The third-order valence-corrected chi connectivity index (χ3v) is 3.20. The van der Waals surface area contributed by atoms with Crippen LogP contribution in [0.15, 0.2) is 52.7 Å². The lowest BCUT2D eigenvalue weighted by atomic mass is 9.97. The molecule has 0 aliphatic carbocycles. The number of rotatable bonds is 1. The van der Waals surface area contributed by atoms with Gasteiger partial charge in [0.1, 0.15) is 0 Å². The number of nitrogens with zero attached hydrogens (tertiary/aromatic N) is 2. The summed E-state index contributed by atoms with van der Waals surface area (Å²) in [6, 6.07) is 8.06. The zero-order valence-corrected chi connectivity index (χ0v) is 9.72. The van der Waals surface area contributed by atoms with Gasteiger partial charge in [0.15, 0.2) is 5.84 Å². The second-order valence-electron chi connectivity index (χ2n) is 4.26. The van der Waals surface area contributed by atoms with E-state index in [0.29, 0.717) is 5.84 Å². The molecule has 3 rings (SSSR count). The quantitative estimate of drug-likeness (QED) is 0.798. The zero-order chi connectivity index (χ0) is 11.8. The second kappa shape index (κ2) is 3.86. The van der Waals surface area contributed by atoms with Gasteiger partial charge in [0, 0.05) is 17.7 Å². The minimum absolute atomic E-state index is 0.669. The average Bonchev–Trinajstić information content (AvgIpc) is 2.37. The summed E-state index contributed by atoms with van der Waals surface area (Å²) in [6.07, 6.45) is 5.64. The van der Waals surface area contributed by atoms with Gasteiger partial charge >= 0.3 is 0 Å². The van der Waals surface area contributed by atoms with E-state index >= 15 is 0 Å². The Morgan fingerprint density at radius 3 is 2.94 bits per heavy atom. The highest BCUT2D eigenvalue weighted by atomic mass is 16.5. The number of aliphatic imine (C=N–C) groups is 1. The van der Waals surface area contributed by atoms with Gasteiger partial charge in [-0.2, -0.15) is 0 Å². The monoisotopic (exact) mass is 226 g/mol. The first-order valence-corrected chi connectivity index (χ1v) is 5.85. The van der Waals surface area contributed by atoms with Crippen LogP contribution >= 0.6 is 0 Å². The number of hydrogen-bond donors (Lipinski definition) is 1. The van der Waals surface area contributed by atoms with Crippen molar-refractivity contribution in [2.45, 2.75) is 19.8 Å². The molecule has 0 spiro atoms. The summed E-state index contributed by atoms with van der Waals surface area (Å²) >= 11 is 0. The minimum atomic E-state index is 0.669. The normalized spacial score (nSPS) is 17.8. The molecule has 0 saturated carbocycles. The van der Waals surface area contributed by atoms with Gasteiger partial charge in [-0.1, -0.05) is 31.2 Å². The molecule has 0 amide bonds. The number of hydrogen-bond acceptors (Lipinski definition) is 3. The van der Waals surface area contributed by atoms with E-state index in [1.165, 1.54) is 10.6 Å². The Bertz CT molecular complexity index is 555. The maximum Gasteiger partial charge on any atom is 0.161 e. The van der Waals surface area contributed by atoms with Crippen LogP contribution in [0, 0.1) is 0 Å². The second-order valence-corrected chi connectivity index (χ2v) is 4.26. The van der Waals surface area contributed by atoms with Gasteiger partial charge < -0.3 is 0 Å². The number of fused-ring (bicyclic) bond motifs is 2. The zero-order valence-electron chi connectivity index (χ0n) is 9.72. The Labute approximate surface area is 100 Å². The first-order valence-electron chi connectivity index (χ1n) is 5.85. The third-order valence-electron chi connectivity index (χ3n) is 3.20. The highest BCUT2D eigenvalue weighted by Crippen LogP contribution is 2.31. The molecular weight excluding hydrogens is 212 g/mol. The average molecular weight is 226 g/mol. The molecule has 2 aliphatic rings. The van der Waals surface area contributed by atoms with Gasteiger partial charge in [-0.15, -0.1) is 0 Å². The Morgan fingerprint density at radius 2 is 2.12 bits per heavy atom. The maximum absolute atomic E-state index is 10.1. The largest absolute Gasteiger partial charge is 0.282 e. The summed E-state index contributed by atoms with van der Waals surface area (Å²) in [7, 11) is 0. The predicted octanol–water partition coefficient (Wildman–Crippen LogP) is 3.20. The molecule has 1 aromatic rings. The smallest absolute Gasteiger partial charge is 0.161 e. The van der Waals surface area contributed by atoms with Crippen molar-refractivity contribution in [2.24, 2.45) is 4.99 Å². The maximum atomic E-state index is 10.1. The lowest BCUT2D eigenvalue weighted by molar-refractivity contribution is 0.0186. The van der Waals surface area contributed by atoms with Crippen molar-refractivity contribution in [2.75, 3.05) is 0 Å². The van der Waals surface area contributed by atoms with Crippen LogP contribution in [0.4, 0.5) is 5.69 Å². The van der Waals surface area contributed by atoms with Gasteiger partial charge in [-0.3, -0.25) is 5.21 Å². The molecule has 86 valence electrons. The Kier molecular flexibility index (Phi) is 2.34. The number of allylic oxidation sites excluding steroid dienone is 3. The summed E-state index contributed by atoms with van der Waals surface area (Å²) < 4.78 is 0. The van der Waals surface area contributed by atoms with Crippen molar-refractivity contribution in [3.63, 3.8) is 0 Å². The topological polar surface area (TPSA) is 35.8 Å². The standard InChI is InChI=1S/C14H14N2O/c1-2-12-8-7-11-9-10-5-3-4-6-13(10)15-14(11)16(12)17/h3-8,17H,2,9H2,1H3. The molecule has 0 aromatic heterocycles. The van der Waals surface area contributed by atoms with E-state index in [1.807, 2.05) is 31.2 Å². The molecule has 17 heavy (non-hydrogen) atoms. The van der Waals surface area contributed by atoms with E-state index in [-0.39, 0.29) is 0 Å². The number of para-hydroxylation sites is 1. The van der Waals surface area contributed by atoms with Crippen molar-refractivity contribution in [1.29, 1.82) is 0 Å². The molecular formula is C14H14N2O. The van der Waals surface area contributed by atoms with Gasteiger partial charge in [-0.05, 0) is 24.1 Å². The molecule has 2 aliphatic heterocycles. The van der Waals surface area contributed by atoms with Gasteiger partial charge in [0.25, 0.3) is 0 Å². The van der Waals surface area contributed by atoms with Crippen LogP contribution in [0.3, 0.4) is 0 Å². The van der Waals surface area contributed by atoms with E-state index in [1.54, 1.807) is 0 Å². The highest BCUT2D eigenvalue weighted by molar-refractivity contribution is 6.03. The Balaban J connectivity index is 2.10. The van der Waals surface area contributed by atoms with Crippen LogP contribution in [0.5, 0.6) is 0 Å². The minimum Gasteiger partial charge on any atom is -0.282 e. The molecule has 0 bridgehead atoms. The lowest BCUT2D eigenvalue weighted by Crippen LogP contribution is -2.32. The Hall–Kier alpha value is -1.87. The SMILES string of the molecule is CCC1=CC=C2Cc3ccccc3N=C2N1O. The van der Waals surface area contributed by atoms with Crippen LogP contribution in [-0.2, 0) is 6.42 Å². The van der Waals surface area contributed by atoms with E-state index in [4.69, 9.17) is 0 Å². The molecule has 2 heterocycles. The van der Waals surface area contributed by atoms with Crippen molar-refractivity contribution < 1.29 is 5.21 Å². The molecule has 3 nitrogen and oxygen atoms in total. The fraction of sp³-hybridized carbons (Fsp3) is 0.214. The molecule has 0 fully saturated rings. The number of benzene rings is 1. The molecule has 0 atom stereocenters. The Morgan fingerprint density at radius 1 is 1.29 bits per heavy atom. The van der Waals surface area contributed by atoms with E-state index in [9.17, 15) is 5.21 Å². The molecule has 1 N–H and O–H groups in total. The summed E-state index contributed by atoms with van der Waals surface area (Å²) in [5.74, 6) is 0.669. The van der Waals surface area contributed by atoms with Crippen molar-refractivity contribution in [3.05, 3.63) is 53.3 Å². The predicted molar refractivity (Wildman–Crippen MR) is 67.3 cm³/mol. The molecule has 0 unspecified atom stereocenters. The molecule has 1 aromatic carbocycles. The summed E-state index contributed by atoms with van der Waals surface area (Å²) in [5, 5.41) is 11.3. The van der Waals surface area contributed by atoms with Gasteiger partial charge in [-0.25, -0.2) is 10.1 Å². The van der Waals surface area contributed by atoms with E-state index < -0.39 is 0 Å². The van der Waals surface area contributed by atoms with Gasteiger partial charge in [0.2, 0.25) is 0 Å². The summed E-state index contributed by atoms with van der Waals surface area (Å²) in [4.78, 5) is 4.53. The molecule has 0 radical (unpaired) electrons. The fourth-order valence-electron chi connectivity index (χ4n) is 2.23. The number of hydroxylamine groups is 2. The first-order chi connectivity index (χ1) is 8.29. The first kappa shape index (κ1) is 10.3. The third kappa shape index (κ3) is 1.59. The van der Waals surface area contributed by atoms with Crippen LogP contribution in [-0.4, -0.2) is 16.1 Å². The lowest BCUT2D eigenvalue weighted by Gasteiger charge is -2.29. The van der Waals surface area contributed by atoms with E-state index in [0.717, 1.165) is 29.8 Å². The van der Waals surface area contributed by atoms with Crippen molar-refractivity contribution >= 4 is 11.5 Å².